The van der Waals surface area contributed by atoms with E-state index in [4.69, 9.17) is 0 Å². The highest BCUT2D eigenvalue weighted by Crippen LogP contribution is 2.31. The largest absolute Gasteiger partial charge is 0.340 e. The van der Waals surface area contributed by atoms with Gasteiger partial charge < -0.3 is 9.88 Å². The SMILES string of the molecule is CC(=O)N1CCC[C@@H]1c1nc2ccccc2[nH]1. The van der Waals surface area contributed by atoms with E-state index in [9.17, 15) is 4.79 Å². The monoisotopic (exact) mass is 229 g/mol. The van der Waals surface area contributed by atoms with Gasteiger partial charge in [0.05, 0.1) is 17.1 Å². The number of imidazole rings is 1. The highest BCUT2D eigenvalue weighted by atomic mass is 16.2. The van der Waals surface area contributed by atoms with Gasteiger partial charge in [0.25, 0.3) is 0 Å². The summed E-state index contributed by atoms with van der Waals surface area (Å²) in [7, 11) is 0. The number of likely N-dealkylation sites (tertiary alicyclic amines) is 1. The van der Waals surface area contributed by atoms with Crippen molar-refractivity contribution in [2.75, 3.05) is 6.54 Å². The molecule has 0 unspecified atom stereocenters. The Kier molecular flexibility index (Phi) is 2.35. The number of nitrogens with zero attached hydrogens (tertiary/aromatic N) is 2. The van der Waals surface area contributed by atoms with Crippen LogP contribution < -0.4 is 0 Å². The molecule has 2 aromatic rings. The Morgan fingerprint density at radius 3 is 3.06 bits per heavy atom. The predicted molar refractivity (Wildman–Crippen MR) is 65.5 cm³/mol. The molecule has 0 saturated carbocycles. The van der Waals surface area contributed by atoms with Crippen molar-refractivity contribution in [2.24, 2.45) is 0 Å². The zero-order chi connectivity index (χ0) is 11.8. The summed E-state index contributed by atoms with van der Waals surface area (Å²) in [5, 5.41) is 0. The van der Waals surface area contributed by atoms with E-state index in [0.717, 1.165) is 36.2 Å². The fourth-order valence-corrected chi connectivity index (χ4v) is 2.56. The van der Waals surface area contributed by atoms with Gasteiger partial charge >= 0.3 is 0 Å². The number of carbonyl (C=O) groups is 1. The normalized spacial score (nSPS) is 20.1. The van der Waals surface area contributed by atoms with E-state index in [2.05, 4.69) is 9.97 Å². The van der Waals surface area contributed by atoms with E-state index in [-0.39, 0.29) is 11.9 Å². The van der Waals surface area contributed by atoms with Crippen molar-refractivity contribution < 1.29 is 4.79 Å². The van der Waals surface area contributed by atoms with Gasteiger partial charge in [0.1, 0.15) is 5.82 Å². The number of carbonyl (C=O) groups excluding carboxylic acids is 1. The zero-order valence-electron chi connectivity index (χ0n) is 9.81. The number of H-pyrrole nitrogens is 1. The van der Waals surface area contributed by atoms with Crippen molar-refractivity contribution >= 4 is 16.9 Å². The third-order valence-electron chi connectivity index (χ3n) is 3.38. The van der Waals surface area contributed by atoms with Crippen molar-refractivity contribution in [3.63, 3.8) is 0 Å². The van der Waals surface area contributed by atoms with Gasteiger partial charge in [-0.25, -0.2) is 4.98 Å². The summed E-state index contributed by atoms with van der Waals surface area (Å²) in [5.41, 5.74) is 2.01. The molecule has 1 aliphatic heterocycles. The summed E-state index contributed by atoms with van der Waals surface area (Å²) < 4.78 is 0. The van der Waals surface area contributed by atoms with Crippen LogP contribution in [0.2, 0.25) is 0 Å². The summed E-state index contributed by atoms with van der Waals surface area (Å²) in [6.45, 7) is 2.47. The Bertz CT molecular complexity index is 528. The average molecular weight is 229 g/mol. The Labute approximate surface area is 99.6 Å². The summed E-state index contributed by atoms with van der Waals surface area (Å²) in [4.78, 5) is 21.3. The van der Waals surface area contributed by atoms with Crippen LogP contribution in [-0.2, 0) is 4.79 Å². The predicted octanol–water partition coefficient (Wildman–Crippen LogP) is 2.25. The second-order valence-corrected chi connectivity index (χ2v) is 4.51. The smallest absolute Gasteiger partial charge is 0.220 e. The fraction of sp³-hybridized carbons (Fsp3) is 0.385. The molecule has 1 amide bonds. The van der Waals surface area contributed by atoms with Crippen LogP contribution in [0.1, 0.15) is 31.6 Å². The molecular formula is C13H15N3O. The highest BCUT2D eigenvalue weighted by molar-refractivity contribution is 5.76. The lowest BCUT2D eigenvalue weighted by atomic mass is 10.2. The Morgan fingerprint density at radius 2 is 2.29 bits per heavy atom. The zero-order valence-corrected chi connectivity index (χ0v) is 9.81. The van der Waals surface area contributed by atoms with E-state index < -0.39 is 0 Å². The summed E-state index contributed by atoms with van der Waals surface area (Å²) in [6.07, 6.45) is 2.06. The van der Waals surface area contributed by atoms with Crippen LogP contribution in [0.25, 0.3) is 11.0 Å². The van der Waals surface area contributed by atoms with Crippen LogP contribution in [0.5, 0.6) is 0 Å². The van der Waals surface area contributed by atoms with E-state index in [0.29, 0.717) is 0 Å². The second kappa shape index (κ2) is 3.87. The van der Waals surface area contributed by atoms with E-state index >= 15 is 0 Å². The molecule has 4 heteroatoms. The molecule has 3 rings (SSSR count). The van der Waals surface area contributed by atoms with Crippen LogP contribution in [0, 0.1) is 0 Å². The molecule has 0 radical (unpaired) electrons. The first-order valence-electron chi connectivity index (χ1n) is 5.97. The minimum atomic E-state index is 0.125. The van der Waals surface area contributed by atoms with Gasteiger partial charge in [0.2, 0.25) is 5.91 Å². The molecule has 1 fully saturated rings. The molecule has 1 saturated heterocycles. The van der Waals surface area contributed by atoms with Crippen LogP contribution in [0.3, 0.4) is 0 Å². The molecule has 17 heavy (non-hydrogen) atoms. The van der Waals surface area contributed by atoms with Crippen molar-refractivity contribution in [2.45, 2.75) is 25.8 Å². The number of aromatic nitrogens is 2. The Morgan fingerprint density at radius 1 is 1.47 bits per heavy atom. The third-order valence-corrected chi connectivity index (χ3v) is 3.38. The summed E-state index contributed by atoms with van der Waals surface area (Å²) in [5.74, 6) is 1.05. The molecule has 2 heterocycles. The molecule has 0 aliphatic carbocycles. The minimum Gasteiger partial charge on any atom is -0.340 e. The first kappa shape index (κ1) is 10.3. The first-order valence-corrected chi connectivity index (χ1v) is 5.97. The van der Waals surface area contributed by atoms with Crippen LogP contribution in [0.15, 0.2) is 24.3 Å². The topological polar surface area (TPSA) is 49.0 Å². The van der Waals surface area contributed by atoms with Gasteiger partial charge in [-0.3, -0.25) is 4.79 Å². The number of hydrogen-bond donors (Lipinski definition) is 1. The molecule has 1 atom stereocenters. The van der Waals surface area contributed by atoms with Crippen LogP contribution in [0.4, 0.5) is 0 Å². The first-order chi connectivity index (χ1) is 8.25. The number of nitrogens with one attached hydrogen (secondary N) is 1. The van der Waals surface area contributed by atoms with Crippen molar-refractivity contribution in [3.05, 3.63) is 30.1 Å². The number of fused-ring (bicyclic) bond motifs is 1. The number of benzene rings is 1. The highest BCUT2D eigenvalue weighted by Gasteiger charge is 2.29. The van der Waals surface area contributed by atoms with Gasteiger partial charge in [0, 0.05) is 13.5 Å². The average Bonchev–Trinajstić information content (AvgIpc) is 2.95. The molecule has 88 valence electrons. The number of amides is 1. The van der Waals surface area contributed by atoms with Crippen molar-refractivity contribution in [1.29, 1.82) is 0 Å². The molecule has 1 aromatic carbocycles. The van der Waals surface area contributed by atoms with Crippen LogP contribution >= 0.6 is 0 Å². The lowest BCUT2D eigenvalue weighted by molar-refractivity contribution is -0.129. The molecule has 0 bridgehead atoms. The molecular weight excluding hydrogens is 214 g/mol. The third kappa shape index (κ3) is 1.69. The van der Waals surface area contributed by atoms with E-state index in [1.165, 1.54) is 0 Å². The van der Waals surface area contributed by atoms with Gasteiger partial charge in [-0.15, -0.1) is 0 Å². The lowest BCUT2D eigenvalue weighted by Gasteiger charge is -2.21. The van der Waals surface area contributed by atoms with Gasteiger partial charge in [0.15, 0.2) is 0 Å². The number of hydrogen-bond acceptors (Lipinski definition) is 2. The molecule has 4 nitrogen and oxygen atoms in total. The van der Waals surface area contributed by atoms with Crippen molar-refractivity contribution in [1.82, 2.24) is 14.9 Å². The molecule has 1 aliphatic rings. The molecule has 1 aromatic heterocycles. The van der Waals surface area contributed by atoms with Crippen molar-refractivity contribution in [3.8, 4) is 0 Å². The number of para-hydroxylation sites is 2. The maximum absolute atomic E-state index is 11.5. The van der Waals surface area contributed by atoms with E-state index in [1.807, 2.05) is 29.2 Å². The molecule has 0 spiro atoms. The van der Waals surface area contributed by atoms with Gasteiger partial charge in [-0.05, 0) is 25.0 Å². The fourth-order valence-electron chi connectivity index (χ4n) is 2.56. The summed E-state index contributed by atoms with van der Waals surface area (Å²) >= 11 is 0. The standard InChI is InChI=1S/C13H15N3O/c1-9(17)16-8-4-7-12(16)13-14-10-5-2-3-6-11(10)15-13/h2-3,5-6,12H,4,7-8H2,1H3,(H,14,15)/t12-/m1/s1. The lowest BCUT2D eigenvalue weighted by Crippen LogP contribution is -2.28. The van der Waals surface area contributed by atoms with Gasteiger partial charge in [-0.1, -0.05) is 12.1 Å². The van der Waals surface area contributed by atoms with E-state index in [1.54, 1.807) is 6.92 Å². The van der Waals surface area contributed by atoms with Crippen LogP contribution in [-0.4, -0.2) is 27.3 Å². The quantitative estimate of drug-likeness (QED) is 0.815. The Balaban J connectivity index is 2.00. The second-order valence-electron chi connectivity index (χ2n) is 4.51. The van der Waals surface area contributed by atoms with Gasteiger partial charge in [-0.2, -0.15) is 0 Å². The number of aromatic amines is 1. The molecule has 1 N–H and O–H groups in total. The maximum atomic E-state index is 11.5. The number of rotatable bonds is 1. The maximum Gasteiger partial charge on any atom is 0.220 e. The minimum absolute atomic E-state index is 0.125. The Hall–Kier alpha value is -1.84. The summed E-state index contributed by atoms with van der Waals surface area (Å²) in [6, 6.07) is 8.09.